The van der Waals surface area contributed by atoms with E-state index in [9.17, 15) is 0 Å². The van der Waals surface area contributed by atoms with E-state index in [1.165, 1.54) is 4.88 Å². The van der Waals surface area contributed by atoms with Crippen molar-refractivity contribution in [1.82, 2.24) is 5.32 Å². The summed E-state index contributed by atoms with van der Waals surface area (Å²) in [5, 5.41) is 5.56. The van der Waals surface area contributed by atoms with Gasteiger partial charge in [0.1, 0.15) is 5.75 Å². The molecule has 0 bridgehead atoms. The van der Waals surface area contributed by atoms with Crippen LogP contribution in [0.1, 0.15) is 23.8 Å². The number of thiophene rings is 1. The summed E-state index contributed by atoms with van der Waals surface area (Å²) in [5.74, 6) is 0.939. The fourth-order valence-electron chi connectivity index (χ4n) is 1.84. The molecule has 0 fully saturated rings. The highest BCUT2D eigenvalue weighted by Crippen LogP contribution is 2.33. The Kier molecular flexibility index (Phi) is 6.55. The molecule has 108 valence electrons. The molecule has 0 aliphatic rings. The summed E-state index contributed by atoms with van der Waals surface area (Å²) in [6.45, 7) is 4.52. The zero-order valence-corrected chi connectivity index (χ0v) is 15.3. The van der Waals surface area contributed by atoms with Crippen molar-refractivity contribution in [3.8, 4) is 5.75 Å². The number of halogens is 2. The van der Waals surface area contributed by atoms with E-state index in [0.29, 0.717) is 0 Å². The van der Waals surface area contributed by atoms with Crippen molar-refractivity contribution < 1.29 is 4.74 Å². The topological polar surface area (TPSA) is 21.3 Å². The van der Waals surface area contributed by atoms with E-state index in [0.717, 1.165) is 46.4 Å². The van der Waals surface area contributed by atoms with Gasteiger partial charge in [-0.3, -0.25) is 0 Å². The summed E-state index contributed by atoms with van der Waals surface area (Å²) in [7, 11) is 0. The van der Waals surface area contributed by atoms with Gasteiger partial charge in [0.15, 0.2) is 0 Å². The Balaban J connectivity index is 2.04. The van der Waals surface area contributed by atoms with Crippen molar-refractivity contribution in [3.63, 3.8) is 0 Å². The van der Waals surface area contributed by atoms with Crippen LogP contribution in [0, 0.1) is 0 Å². The largest absolute Gasteiger partial charge is 0.492 e. The smallest absolute Gasteiger partial charge is 0.138 e. The molecule has 1 heterocycles. The Bertz CT molecular complexity index is 543. The van der Waals surface area contributed by atoms with Crippen LogP contribution in [-0.2, 0) is 13.1 Å². The molecule has 5 heteroatoms. The van der Waals surface area contributed by atoms with Crippen LogP contribution in [0.4, 0.5) is 0 Å². The zero-order valence-electron chi connectivity index (χ0n) is 11.3. The van der Waals surface area contributed by atoms with Gasteiger partial charge in [0.05, 0.1) is 11.1 Å². The summed E-state index contributed by atoms with van der Waals surface area (Å²) in [5.41, 5.74) is 1.16. The van der Waals surface area contributed by atoms with Crippen molar-refractivity contribution >= 4 is 43.2 Å². The lowest BCUT2D eigenvalue weighted by Crippen LogP contribution is -2.13. The maximum absolute atomic E-state index is 5.85. The van der Waals surface area contributed by atoms with Gasteiger partial charge in [-0.25, -0.2) is 0 Å². The Labute approximate surface area is 140 Å². The molecule has 0 saturated carbocycles. The molecule has 0 unspecified atom stereocenters. The van der Waals surface area contributed by atoms with Crippen LogP contribution in [0.3, 0.4) is 0 Å². The van der Waals surface area contributed by atoms with Gasteiger partial charge in [-0.05, 0) is 45.9 Å². The van der Waals surface area contributed by atoms with Crippen molar-refractivity contribution in [2.75, 3.05) is 6.61 Å². The fourth-order valence-corrected chi connectivity index (χ4v) is 3.95. The van der Waals surface area contributed by atoms with Crippen LogP contribution < -0.4 is 10.1 Å². The number of hydrogen-bond acceptors (Lipinski definition) is 3. The van der Waals surface area contributed by atoms with Crippen LogP contribution in [0.2, 0.25) is 0 Å². The summed E-state index contributed by atoms with van der Waals surface area (Å²) < 4.78 is 7.91. The summed E-state index contributed by atoms with van der Waals surface area (Å²) >= 11 is 8.88. The van der Waals surface area contributed by atoms with Gasteiger partial charge in [0.25, 0.3) is 0 Å². The van der Waals surface area contributed by atoms with Gasteiger partial charge in [-0.2, -0.15) is 0 Å². The molecule has 0 amide bonds. The lowest BCUT2D eigenvalue weighted by atomic mass is 10.2. The Morgan fingerprint density at radius 2 is 2.10 bits per heavy atom. The highest BCUT2D eigenvalue weighted by atomic mass is 79.9. The highest BCUT2D eigenvalue weighted by molar-refractivity contribution is 9.11. The Morgan fingerprint density at radius 3 is 2.80 bits per heavy atom. The second-order valence-corrected chi connectivity index (χ2v) is 7.21. The third-order valence-corrected chi connectivity index (χ3v) is 4.65. The monoisotopic (exact) mass is 417 g/mol. The predicted molar refractivity (Wildman–Crippen MR) is 92.5 cm³/mol. The first-order valence-corrected chi connectivity index (χ1v) is 9.01. The van der Waals surface area contributed by atoms with E-state index in [1.54, 1.807) is 11.3 Å². The number of benzene rings is 1. The quantitative estimate of drug-likeness (QED) is 0.654. The predicted octanol–water partition coefficient (Wildman–Crippen LogP) is 5.35. The molecule has 0 spiro atoms. The van der Waals surface area contributed by atoms with Gasteiger partial charge in [0.2, 0.25) is 0 Å². The average molecular weight is 419 g/mol. The normalized spacial score (nSPS) is 10.8. The van der Waals surface area contributed by atoms with Gasteiger partial charge < -0.3 is 10.1 Å². The van der Waals surface area contributed by atoms with Crippen LogP contribution in [0.25, 0.3) is 0 Å². The Hall–Kier alpha value is -0.360. The summed E-state index contributed by atoms with van der Waals surface area (Å²) in [6.07, 6.45) is 1.00. The van der Waals surface area contributed by atoms with Crippen molar-refractivity contribution in [2.45, 2.75) is 26.4 Å². The molecular formula is C15H17Br2NOS. The Morgan fingerprint density at radius 1 is 1.25 bits per heavy atom. The zero-order chi connectivity index (χ0) is 14.4. The lowest BCUT2D eigenvalue weighted by Gasteiger charge is -2.14. The first-order chi connectivity index (χ1) is 9.70. The van der Waals surface area contributed by atoms with E-state index in [4.69, 9.17) is 4.74 Å². The molecular weight excluding hydrogens is 402 g/mol. The molecule has 0 radical (unpaired) electrons. The van der Waals surface area contributed by atoms with E-state index in [1.807, 2.05) is 6.07 Å². The number of rotatable bonds is 7. The second kappa shape index (κ2) is 8.17. The minimum atomic E-state index is 0.734. The van der Waals surface area contributed by atoms with Gasteiger partial charge in [0, 0.05) is 28.0 Å². The van der Waals surface area contributed by atoms with Gasteiger partial charge >= 0.3 is 0 Å². The number of hydrogen-bond donors (Lipinski definition) is 1. The van der Waals surface area contributed by atoms with E-state index < -0.39 is 0 Å². The minimum Gasteiger partial charge on any atom is -0.492 e. The standard InChI is InChI=1S/C15H17Br2NOS/c1-2-5-19-15-11(7-12(16)8-14(15)17)9-18-10-13-4-3-6-20-13/h3-4,6-8,18H,2,5,9-10H2,1H3. The molecule has 0 saturated heterocycles. The van der Waals surface area contributed by atoms with Gasteiger partial charge in [-0.1, -0.05) is 28.9 Å². The molecule has 0 aliphatic heterocycles. The average Bonchev–Trinajstić information content (AvgIpc) is 2.91. The van der Waals surface area contributed by atoms with Crippen LogP contribution in [0.5, 0.6) is 5.75 Å². The summed E-state index contributed by atoms with van der Waals surface area (Å²) in [4.78, 5) is 1.34. The van der Waals surface area contributed by atoms with Crippen molar-refractivity contribution in [3.05, 3.63) is 49.0 Å². The van der Waals surface area contributed by atoms with Crippen molar-refractivity contribution in [1.29, 1.82) is 0 Å². The van der Waals surface area contributed by atoms with E-state index >= 15 is 0 Å². The first kappa shape index (κ1) is 16.0. The van der Waals surface area contributed by atoms with E-state index in [-0.39, 0.29) is 0 Å². The van der Waals surface area contributed by atoms with Crippen LogP contribution in [-0.4, -0.2) is 6.61 Å². The molecule has 2 rings (SSSR count). The molecule has 20 heavy (non-hydrogen) atoms. The van der Waals surface area contributed by atoms with Gasteiger partial charge in [-0.15, -0.1) is 11.3 Å². The summed E-state index contributed by atoms with van der Waals surface area (Å²) in [6, 6.07) is 8.35. The maximum Gasteiger partial charge on any atom is 0.138 e. The van der Waals surface area contributed by atoms with Crippen LogP contribution in [0.15, 0.2) is 38.6 Å². The van der Waals surface area contributed by atoms with Crippen LogP contribution >= 0.6 is 43.2 Å². The maximum atomic E-state index is 5.85. The first-order valence-electron chi connectivity index (χ1n) is 6.54. The lowest BCUT2D eigenvalue weighted by molar-refractivity contribution is 0.311. The fraction of sp³-hybridized carbons (Fsp3) is 0.333. The highest BCUT2D eigenvalue weighted by Gasteiger charge is 2.10. The molecule has 1 aromatic carbocycles. The molecule has 0 aliphatic carbocycles. The SMILES string of the molecule is CCCOc1c(Br)cc(Br)cc1CNCc1cccs1. The third kappa shape index (κ3) is 4.58. The second-order valence-electron chi connectivity index (χ2n) is 4.41. The number of nitrogens with one attached hydrogen (secondary N) is 1. The molecule has 1 N–H and O–H groups in total. The molecule has 1 aromatic heterocycles. The third-order valence-electron chi connectivity index (χ3n) is 2.73. The molecule has 2 nitrogen and oxygen atoms in total. The molecule has 2 aromatic rings. The number of ether oxygens (including phenoxy) is 1. The van der Waals surface area contributed by atoms with E-state index in [2.05, 4.69) is 67.7 Å². The van der Waals surface area contributed by atoms with Crippen molar-refractivity contribution in [2.24, 2.45) is 0 Å². The minimum absolute atomic E-state index is 0.734. The molecule has 0 atom stereocenters.